The lowest BCUT2D eigenvalue weighted by Crippen LogP contribution is -2.18. The van der Waals surface area contributed by atoms with Crippen molar-refractivity contribution in [3.8, 4) is 0 Å². The Morgan fingerprint density at radius 2 is 2.00 bits per heavy atom. The van der Waals surface area contributed by atoms with Crippen molar-refractivity contribution in [3.63, 3.8) is 0 Å². The first-order valence-corrected chi connectivity index (χ1v) is 8.06. The van der Waals surface area contributed by atoms with Gasteiger partial charge in [0.05, 0.1) is 21.6 Å². The quantitative estimate of drug-likeness (QED) is 0.816. The third-order valence-electron chi connectivity index (χ3n) is 4.52. The molecular formula is C15H19N3S. The van der Waals surface area contributed by atoms with Crippen molar-refractivity contribution in [2.24, 2.45) is 17.8 Å². The van der Waals surface area contributed by atoms with Crippen LogP contribution in [-0.4, -0.2) is 11.5 Å². The summed E-state index contributed by atoms with van der Waals surface area (Å²) >= 11 is 1.65. The van der Waals surface area contributed by atoms with Gasteiger partial charge in [-0.15, -0.1) is 11.3 Å². The van der Waals surface area contributed by atoms with Gasteiger partial charge >= 0.3 is 0 Å². The number of benzene rings is 1. The van der Waals surface area contributed by atoms with Crippen LogP contribution in [0.3, 0.4) is 0 Å². The van der Waals surface area contributed by atoms with E-state index in [4.69, 9.17) is 5.73 Å². The molecule has 0 aliphatic heterocycles. The second-order valence-corrected chi connectivity index (χ2v) is 6.83. The summed E-state index contributed by atoms with van der Waals surface area (Å²) in [6.07, 6.45) is 5.74. The lowest BCUT2D eigenvalue weighted by Gasteiger charge is -2.18. The highest BCUT2D eigenvalue weighted by molar-refractivity contribution is 7.16. The van der Waals surface area contributed by atoms with Crippen LogP contribution in [0.25, 0.3) is 10.2 Å². The van der Waals surface area contributed by atoms with Gasteiger partial charge in [-0.05, 0) is 55.6 Å². The summed E-state index contributed by atoms with van der Waals surface area (Å²) in [6, 6.07) is 4.22. The lowest BCUT2D eigenvalue weighted by atomic mass is 9.98. The molecule has 100 valence electrons. The fraction of sp³-hybridized carbons (Fsp3) is 0.533. The number of nitrogens with one attached hydrogen (secondary N) is 1. The van der Waals surface area contributed by atoms with Crippen molar-refractivity contribution in [1.29, 1.82) is 0 Å². The second-order valence-electron chi connectivity index (χ2n) is 5.95. The molecule has 3 N–H and O–H groups in total. The van der Waals surface area contributed by atoms with Gasteiger partial charge in [0.2, 0.25) is 0 Å². The first-order chi connectivity index (χ1) is 9.33. The van der Waals surface area contributed by atoms with Crippen LogP contribution in [0.4, 0.5) is 11.4 Å². The summed E-state index contributed by atoms with van der Waals surface area (Å²) < 4.78 is 1.17. The van der Waals surface area contributed by atoms with Gasteiger partial charge in [-0.2, -0.15) is 0 Å². The van der Waals surface area contributed by atoms with E-state index in [0.717, 1.165) is 41.2 Å². The van der Waals surface area contributed by atoms with Gasteiger partial charge in [0, 0.05) is 6.54 Å². The molecule has 4 rings (SSSR count). The zero-order valence-electron chi connectivity index (χ0n) is 10.9. The smallest absolute Gasteiger partial charge is 0.106 e. The number of nitrogen functional groups attached to an aromatic ring is 1. The summed E-state index contributed by atoms with van der Waals surface area (Å²) in [7, 11) is 0. The van der Waals surface area contributed by atoms with Crippen LogP contribution in [0.1, 0.15) is 25.7 Å². The van der Waals surface area contributed by atoms with Crippen LogP contribution < -0.4 is 11.1 Å². The minimum Gasteiger partial charge on any atom is -0.395 e. The molecule has 4 heteroatoms. The molecular weight excluding hydrogens is 254 g/mol. The van der Waals surface area contributed by atoms with E-state index in [1.165, 1.54) is 30.4 Å². The number of nitrogens with zero attached hydrogens (tertiary/aromatic N) is 1. The van der Waals surface area contributed by atoms with Gasteiger partial charge in [-0.3, -0.25) is 0 Å². The SMILES string of the molecule is Nc1c(NCC(C2CC2)C2CC2)ccc2scnc12. The molecule has 2 aliphatic carbocycles. The number of rotatable bonds is 5. The Bertz CT molecular complexity index is 586. The molecule has 3 nitrogen and oxygen atoms in total. The average molecular weight is 273 g/mol. The molecule has 1 heterocycles. The minimum absolute atomic E-state index is 0.809. The predicted octanol–water partition coefficient (Wildman–Crippen LogP) is 3.73. The van der Waals surface area contributed by atoms with E-state index in [1.807, 2.05) is 5.51 Å². The van der Waals surface area contributed by atoms with Gasteiger partial charge in [0.1, 0.15) is 5.52 Å². The van der Waals surface area contributed by atoms with E-state index in [9.17, 15) is 0 Å². The van der Waals surface area contributed by atoms with Crippen molar-refractivity contribution in [1.82, 2.24) is 4.98 Å². The molecule has 0 spiro atoms. The predicted molar refractivity (Wildman–Crippen MR) is 81.5 cm³/mol. The van der Waals surface area contributed by atoms with E-state index in [-0.39, 0.29) is 0 Å². The Kier molecular flexibility index (Phi) is 2.65. The third kappa shape index (κ3) is 2.18. The molecule has 1 aromatic carbocycles. The van der Waals surface area contributed by atoms with Crippen molar-refractivity contribution in [2.45, 2.75) is 25.7 Å². The largest absolute Gasteiger partial charge is 0.395 e. The highest BCUT2D eigenvalue weighted by Crippen LogP contribution is 2.49. The number of fused-ring (bicyclic) bond motifs is 1. The topological polar surface area (TPSA) is 50.9 Å². The monoisotopic (exact) mass is 273 g/mol. The zero-order valence-corrected chi connectivity index (χ0v) is 11.7. The molecule has 2 aliphatic rings. The molecule has 2 fully saturated rings. The van der Waals surface area contributed by atoms with Crippen LogP contribution in [0.15, 0.2) is 17.6 Å². The van der Waals surface area contributed by atoms with Crippen LogP contribution >= 0.6 is 11.3 Å². The molecule has 0 unspecified atom stereocenters. The average Bonchev–Trinajstić information content (AvgIpc) is 3.33. The van der Waals surface area contributed by atoms with Gasteiger partial charge in [-0.25, -0.2) is 4.98 Å². The Morgan fingerprint density at radius 3 is 2.68 bits per heavy atom. The summed E-state index contributed by atoms with van der Waals surface area (Å²) in [6.45, 7) is 1.08. The fourth-order valence-electron chi connectivity index (χ4n) is 3.10. The third-order valence-corrected chi connectivity index (χ3v) is 5.32. The molecule has 1 aromatic heterocycles. The van der Waals surface area contributed by atoms with Gasteiger partial charge < -0.3 is 11.1 Å². The summed E-state index contributed by atoms with van der Waals surface area (Å²) in [5.74, 6) is 2.82. The van der Waals surface area contributed by atoms with Crippen molar-refractivity contribution in [3.05, 3.63) is 17.6 Å². The van der Waals surface area contributed by atoms with Gasteiger partial charge in [0.25, 0.3) is 0 Å². The molecule has 2 saturated carbocycles. The molecule has 0 atom stereocenters. The standard InChI is InChI=1S/C15H19N3S/c16-14-12(5-6-13-15(14)18-8-19-13)17-7-11(9-1-2-9)10-3-4-10/h5-6,8-11,17H,1-4,7,16H2. The zero-order chi connectivity index (χ0) is 12.8. The van der Waals surface area contributed by atoms with E-state index < -0.39 is 0 Å². The highest BCUT2D eigenvalue weighted by Gasteiger charge is 2.41. The Labute approximate surface area is 117 Å². The Hall–Kier alpha value is -1.29. The Morgan fingerprint density at radius 1 is 1.26 bits per heavy atom. The fourth-order valence-corrected chi connectivity index (χ4v) is 3.79. The maximum absolute atomic E-state index is 6.21. The first kappa shape index (κ1) is 11.5. The van der Waals surface area contributed by atoms with E-state index in [0.29, 0.717) is 0 Å². The number of thiazole rings is 1. The van der Waals surface area contributed by atoms with E-state index in [2.05, 4.69) is 22.4 Å². The normalized spacial score (nSPS) is 19.2. The first-order valence-electron chi connectivity index (χ1n) is 7.18. The summed E-state index contributed by atoms with van der Waals surface area (Å²) in [5, 5.41) is 3.58. The molecule has 19 heavy (non-hydrogen) atoms. The van der Waals surface area contributed by atoms with E-state index in [1.54, 1.807) is 11.3 Å². The van der Waals surface area contributed by atoms with Crippen LogP contribution in [0.5, 0.6) is 0 Å². The minimum atomic E-state index is 0.809. The maximum atomic E-state index is 6.21. The highest BCUT2D eigenvalue weighted by atomic mass is 32.1. The summed E-state index contributed by atoms with van der Waals surface area (Å²) in [4.78, 5) is 4.35. The van der Waals surface area contributed by atoms with E-state index >= 15 is 0 Å². The van der Waals surface area contributed by atoms with Crippen LogP contribution in [0.2, 0.25) is 0 Å². The lowest BCUT2D eigenvalue weighted by molar-refractivity contribution is 0.428. The van der Waals surface area contributed by atoms with Gasteiger partial charge in [0.15, 0.2) is 0 Å². The molecule has 0 radical (unpaired) electrons. The number of nitrogens with two attached hydrogens (primary N) is 1. The molecule has 2 aromatic rings. The number of anilines is 2. The number of aromatic nitrogens is 1. The van der Waals surface area contributed by atoms with Crippen molar-refractivity contribution >= 4 is 32.9 Å². The maximum Gasteiger partial charge on any atom is 0.106 e. The number of hydrogen-bond acceptors (Lipinski definition) is 4. The van der Waals surface area contributed by atoms with Gasteiger partial charge in [-0.1, -0.05) is 0 Å². The van der Waals surface area contributed by atoms with Crippen molar-refractivity contribution < 1.29 is 0 Å². The van der Waals surface area contributed by atoms with Crippen LogP contribution in [-0.2, 0) is 0 Å². The molecule has 0 bridgehead atoms. The Balaban J connectivity index is 1.52. The summed E-state index contributed by atoms with van der Waals surface area (Å²) in [5.41, 5.74) is 10.9. The number of hydrogen-bond donors (Lipinski definition) is 2. The van der Waals surface area contributed by atoms with Crippen LogP contribution in [0, 0.1) is 17.8 Å². The van der Waals surface area contributed by atoms with Crippen molar-refractivity contribution in [2.75, 3.05) is 17.6 Å². The molecule has 0 saturated heterocycles. The molecule has 0 amide bonds. The second kappa shape index (κ2) is 4.37.